The fourth-order valence-electron chi connectivity index (χ4n) is 3.56. The quantitative estimate of drug-likeness (QED) is 0.763. The van der Waals surface area contributed by atoms with Crippen molar-refractivity contribution < 1.29 is 4.79 Å². The van der Waals surface area contributed by atoms with Gasteiger partial charge in [0.05, 0.1) is 12.0 Å². The number of thiophene rings is 1. The number of carbonyl (C=O) groups is 1. The normalized spacial score (nSPS) is 18.7. The molecule has 134 valence electrons. The number of rotatable bonds is 4. The second kappa shape index (κ2) is 7.41. The van der Waals surface area contributed by atoms with Gasteiger partial charge in [-0.25, -0.2) is 4.98 Å². The molecule has 4 heterocycles. The molecule has 2 atom stereocenters. The lowest BCUT2D eigenvalue weighted by Crippen LogP contribution is -2.44. The number of nitrogens with zero attached hydrogens (tertiary/aromatic N) is 3. The van der Waals surface area contributed by atoms with Crippen molar-refractivity contribution in [3.63, 3.8) is 0 Å². The second-order valence-corrected chi connectivity index (χ2v) is 7.72. The minimum atomic E-state index is -0.0370. The van der Waals surface area contributed by atoms with E-state index in [9.17, 15) is 4.79 Å². The molecule has 1 N–H and O–H groups in total. The Morgan fingerprint density at radius 2 is 2.27 bits per heavy atom. The third kappa shape index (κ3) is 3.42. The topological polar surface area (TPSA) is 58.1 Å². The highest BCUT2D eigenvalue weighted by atomic mass is 32.1. The molecule has 0 aromatic carbocycles. The SMILES string of the molecule is C[C@H](NC(=O)[C@H]1CCCN(c2nccc3sccc23)C1)c1cccnc1. The molecule has 6 heteroatoms. The van der Waals surface area contributed by atoms with E-state index < -0.39 is 0 Å². The Morgan fingerprint density at radius 3 is 3.12 bits per heavy atom. The highest BCUT2D eigenvalue weighted by molar-refractivity contribution is 7.17. The molecule has 26 heavy (non-hydrogen) atoms. The van der Waals surface area contributed by atoms with Gasteiger partial charge in [0, 0.05) is 41.8 Å². The molecule has 1 aliphatic rings. The molecule has 0 saturated carbocycles. The van der Waals surface area contributed by atoms with E-state index >= 15 is 0 Å². The van der Waals surface area contributed by atoms with Crippen molar-refractivity contribution in [3.8, 4) is 0 Å². The first-order valence-corrected chi connectivity index (χ1v) is 9.88. The summed E-state index contributed by atoms with van der Waals surface area (Å²) in [6.45, 7) is 3.67. The van der Waals surface area contributed by atoms with E-state index in [-0.39, 0.29) is 17.9 Å². The van der Waals surface area contributed by atoms with E-state index in [1.165, 1.54) is 10.1 Å². The number of anilines is 1. The van der Waals surface area contributed by atoms with E-state index in [1.807, 2.05) is 31.3 Å². The minimum Gasteiger partial charge on any atom is -0.355 e. The summed E-state index contributed by atoms with van der Waals surface area (Å²) in [5.74, 6) is 1.10. The minimum absolute atomic E-state index is 0.0152. The van der Waals surface area contributed by atoms with E-state index in [1.54, 1.807) is 23.7 Å². The number of aromatic nitrogens is 2. The first kappa shape index (κ1) is 17.0. The summed E-state index contributed by atoms with van der Waals surface area (Å²) in [7, 11) is 0. The van der Waals surface area contributed by atoms with Gasteiger partial charge in [-0.2, -0.15) is 0 Å². The first-order valence-electron chi connectivity index (χ1n) is 9.00. The van der Waals surface area contributed by atoms with Crippen LogP contribution >= 0.6 is 11.3 Å². The van der Waals surface area contributed by atoms with Crippen molar-refractivity contribution in [1.82, 2.24) is 15.3 Å². The molecule has 3 aromatic rings. The average molecular weight is 366 g/mol. The van der Waals surface area contributed by atoms with Crippen LogP contribution in [0.4, 0.5) is 5.82 Å². The van der Waals surface area contributed by atoms with Gasteiger partial charge in [-0.15, -0.1) is 11.3 Å². The maximum Gasteiger partial charge on any atom is 0.225 e. The van der Waals surface area contributed by atoms with E-state index in [0.717, 1.165) is 30.8 Å². The van der Waals surface area contributed by atoms with Crippen molar-refractivity contribution >= 4 is 33.1 Å². The number of carbonyl (C=O) groups excluding carboxylic acids is 1. The smallest absolute Gasteiger partial charge is 0.225 e. The van der Waals surface area contributed by atoms with Crippen molar-refractivity contribution in [2.24, 2.45) is 5.92 Å². The van der Waals surface area contributed by atoms with Crippen LogP contribution in [0.15, 0.2) is 48.2 Å². The lowest BCUT2D eigenvalue weighted by molar-refractivity contribution is -0.125. The van der Waals surface area contributed by atoms with E-state index in [0.29, 0.717) is 6.54 Å². The molecule has 3 aromatic heterocycles. The Kier molecular flexibility index (Phi) is 4.84. The van der Waals surface area contributed by atoms with Gasteiger partial charge in [0.2, 0.25) is 5.91 Å². The van der Waals surface area contributed by atoms with Crippen LogP contribution in [-0.2, 0) is 4.79 Å². The molecular weight excluding hydrogens is 344 g/mol. The molecule has 0 spiro atoms. The maximum absolute atomic E-state index is 12.8. The highest BCUT2D eigenvalue weighted by Gasteiger charge is 2.28. The van der Waals surface area contributed by atoms with Gasteiger partial charge in [0.1, 0.15) is 5.82 Å². The van der Waals surface area contributed by atoms with E-state index in [2.05, 4.69) is 31.6 Å². The lowest BCUT2D eigenvalue weighted by Gasteiger charge is -2.33. The average Bonchev–Trinajstić information content (AvgIpc) is 3.17. The molecule has 5 nitrogen and oxygen atoms in total. The maximum atomic E-state index is 12.8. The van der Waals surface area contributed by atoms with Gasteiger partial charge in [0.25, 0.3) is 0 Å². The van der Waals surface area contributed by atoms with Gasteiger partial charge in [-0.05, 0) is 48.9 Å². The van der Waals surface area contributed by atoms with Crippen molar-refractivity contribution in [2.45, 2.75) is 25.8 Å². The number of nitrogens with one attached hydrogen (secondary N) is 1. The largest absolute Gasteiger partial charge is 0.355 e. The van der Waals surface area contributed by atoms with Gasteiger partial charge in [-0.1, -0.05) is 6.07 Å². The van der Waals surface area contributed by atoms with Crippen molar-refractivity contribution in [3.05, 3.63) is 53.8 Å². The molecule has 4 rings (SSSR count). The zero-order valence-corrected chi connectivity index (χ0v) is 15.6. The van der Waals surface area contributed by atoms with Crippen LogP contribution in [0.25, 0.3) is 10.1 Å². The van der Waals surface area contributed by atoms with Crippen molar-refractivity contribution in [2.75, 3.05) is 18.0 Å². The second-order valence-electron chi connectivity index (χ2n) is 6.77. The molecule has 1 saturated heterocycles. The Bertz CT molecular complexity index is 895. The predicted molar refractivity (Wildman–Crippen MR) is 105 cm³/mol. The zero-order valence-electron chi connectivity index (χ0n) is 14.8. The molecule has 0 unspecified atom stereocenters. The Balaban J connectivity index is 1.46. The standard InChI is InChI=1S/C20H22N4OS/c1-14(15-4-2-8-21-12-15)23-20(25)16-5-3-10-24(13-16)19-17-7-11-26-18(17)6-9-22-19/h2,4,6-9,11-12,14,16H,3,5,10,13H2,1H3,(H,23,25)/t14-,16-/m0/s1. The highest BCUT2D eigenvalue weighted by Crippen LogP contribution is 2.31. The lowest BCUT2D eigenvalue weighted by atomic mass is 9.96. The van der Waals surface area contributed by atoms with Gasteiger partial charge >= 0.3 is 0 Å². The van der Waals surface area contributed by atoms with Crippen LogP contribution in [0, 0.1) is 5.92 Å². The number of amides is 1. The molecule has 0 radical (unpaired) electrons. The number of fused-ring (bicyclic) bond motifs is 1. The molecule has 1 fully saturated rings. The number of pyridine rings is 2. The molecule has 0 aliphatic carbocycles. The fraction of sp³-hybridized carbons (Fsp3) is 0.350. The third-order valence-corrected chi connectivity index (χ3v) is 5.88. The van der Waals surface area contributed by atoms with Crippen LogP contribution in [0.3, 0.4) is 0 Å². The molecule has 0 bridgehead atoms. The van der Waals surface area contributed by atoms with Crippen LogP contribution < -0.4 is 10.2 Å². The van der Waals surface area contributed by atoms with E-state index in [4.69, 9.17) is 0 Å². The number of piperidine rings is 1. The summed E-state index contributed by atoms with van der Waals surface area (Å²) in [6, 6.07) is 8.02. The summed E-state index contributed by atoms with van der Waals surface area (Å²) < 4.78 is 1.24. The van der Waals surface area contributed by atoms with Crippen molar-refractivity contribution in [1.29, 1.82) is 0 Å². The molecular formula is C20H22N4OS. The van der Waals surface area contributed by atoms with Gasteiger partial charge in [-0.3, -0.25) is 9.78 Å². The Morgan fingerprint density at radius 1 is 1.35 bits per heavy atom. The summed E-state index contributed by atoms with van der Waals surface area (Å²) in [5.41, 5.74) is 1.03. The van der Waals surface area contributed by atoms with Gasteiger partial charge < -0.3 is 10.2 Å². The summed E-state index contributed by atoms with van der Waals surface area (Å²) >= 11 is 1.73. The number of hydrogen-bond acceptors (Lipinski definition) is 5. The molecule has 1 aliphatic heterocycles. The first-order chi connectivity index (χ1) is 12.7. The Hall–Kier alpha value is -2.47. The predicted octanol–water partition coefficient (Wildman–Crippen LogP) is 3.79. The van der Waals surface area contributed by atoms with Crippen LogP contribution in [0.1, 0.15) is 31.4 Å². The fourth-order valence-corrected chi connectivity index (χ4v) is 4.34. The third-order valence-electron chi connectivity index (χ3n) is 4.99. The monoisotopic (exact) mass is 366 g/mol. The van der Waals surface area contributed by atoms with Gasteiger partial charge in [0.15, 0.2) is 0 Å². The Labute approximate surface area is 157 Å². The van der Waals surface area contributed by atoms with Crippen LogP contribution in [0.5, 0.6) is 0 Å². The number of hydrogen-bond donors (Lipinski definition) is 1. The van der Waals surface area contributed by atoms with Crippen LogP contribution in [0.2, 0.25) is 0 Å². The summed E-state index contributed by atoms with van der Waals surface area (Å²) in [5, 5.41) is 6.43. The van der Waals surface area contributed by atoms with Crippen LogP contribution in [-0.4, -0.2) is 29.0 Å². The summed E-state index contributed by atoms with van der Waals surface area (Å²) in [4.78, 5) is 23.8. The zero-order chi connectivity index (χ0) is 17.9. The summed E-state index contributed by atoms with van der Waals surface area (Å²) in [6.07, 6.45) is 7.33. The molecule has 1 amide bonds.